The van der Waals surface area contributed by atoms with Gasteiger partial charge in [-0.05, 0) is 80.8 Å². The topological polar surface area (TPSA) is 73.4 Å². The van der Waals surface area contributed by atoms with E-state index in [1.165, 1.54) is 6.07 Å². The van der Waals surface area contributed by atoms with E-state index in [2.05, 4.69) is 5.16 Å². The van der Waals surface area contributed by atoms with Gasteiger partial charge in [0.05, 0.1) is 29.9 Å². The minimum atomic E-state index is -1.00. The molecule has 9 heteroatoms. The zero-order valence-corrected chi connectivity index (χ0v) is 21.7. The highest BCUT2D eigenvalue weighted by Gasteiger charge is 2.35. The molecule has 2 aromatic heterocycles. The number of aryl methyl sites for hydroxylation is 2. The van der Waals surface area contributed by atoms with E-state index in [-0.39, 0.29) is 5.91 Å². The fraction of sp³-hybridized carbons (Fsp3) is 0.233. The number of amides is 1. The van der Waals surface area contributed by atoms with E-state index >= 15 is 0 Å². The van der Waals surface area contributed by atoms with E-state index in [1.807, 2.05) is 60.9 Å². The van der Waals surface area contributed by atoms with Gasteiger partial charge in [-0.25, -0.2) is 13.8 Å². The first-order chi connectivity index (χ1) is 18.9. The molecule has 0 aliphatic carbocycles. The second-order valence-corrected chi connectivity index (χ2v) is 9.68. The first kappa shape index (κ1) is 24.8. The second kappa shape index (κ2) is 9.65. The van der Waals surface area contributed by atoms with Gasteiger partial charge in [0, 0.05) is 29.4 Å². The lowest BCUT2D eigenvalue weighted by molar-refractivity contribution is -0.120. The zero-order chi connectivity index (χ0) is 27.3. The lowest BCUT2D eigenvalue weighted by Crippen LogP contribution is -2.39. The summed E-state index contributed by atoms with van der Waals surface area (Å²) in [7, 11) is 1.61. The maximum atomic E-state index is 14.3. The first-order valence-electron chi connectivity index (χ1n) is 12.7. The maximum absolute atomic E-state index is 14.3. The molecular formula is C30H26F2N4O3. The molecule has 0 bridgehead atoms. The Balaban J connectivity index is 1.56. The van der Waals surface area contributed by atoms with Crippen LogP contribution in [0.2, 0.25) is 0 Å². The zero-order valence-electron chi connectivity index (χ0n) is 21.7. The highest BCUT2D eigenvalue weighted by atomic mass is 19.2. The molecule has 3 heterocycles. The normalized spacial score (nSPS) is 15.8. The molecule has 0 saturated carbocycles. The van der Waals surface area contributed by atoms with Gasteiger partial charge in [0.15, 0.2) is 11.6 Å². The van der Waals surface area contributed by atoms with Crippen LogP contribution in [0.1, 0.15) is 42.6 Å². The number of nitrogens with zero attached hydrogens (tertiary/aromatic N) is 4. The molecular weight excluding hydrogens is 502 g/mol. The molecule has 3 aromatic carbocycles. The third kappa shape index (κ3) is 4.24. The summed E-state index contributed by atoms with van der Waals surface area (Å²) in [6.07, 6.45) is 1.58. The van der Waals surface area contributed by atoms with Crippen molar-refractivity contribution in [2.75, 3.05) is 12.0 Å². The molecule has 0 spiro atoms. The molecule has 6 rings (SSSR count). The van der Waals surface area contributed by atoms with Gasteiger partial charge in [0.1, 0.15) is 17.3 Å². The lowest BCUT2D eigenvalue weighted by Gasteiger charge is -2.35. The van der Waals surface area contributed by atoms with Crippen molar-refractivity contribution < 1.29 is 22.8 Å². The Morgan fingerprint density at radius 3 is 2.44 bits per heavy atom. The molecule has 0 N–H and O–H groups in total. The summed E-state index contributed by atoms with van der Waals surface area (Å²) in [4.78, 5) is 19.8. The number of aromatic nitrogens is 3. The van der Waals surface area contributed by atoms with E-state index in [0.717, 1.165) is 45.7 Å². The van der Waals surface area contributed by atoms with Crippen molar-refractivity contribution in [3.8, 4) is 22.6 Å². The molecule has 0 unspecified atom stereocenters. The van der Waals surface area contributed by atoms with Crippen LogP contribution in [-0.4, -0.2) is 27.7 Å². The van der Waals surface area contributed by atoms with Crippen LogP contribution in [-0.2, 0) is 4.79 Å². The van der Waals surface area contributed by atoms with Crippen LogP contribution in [0.5, 0.6) is 5.75 Å². The summed E-state index contributed by atoms with van der Waals surface area (Å²) in [5, 5.41) is 4.08. The maximum Gasteiger partial charge on any atom is 0.227 e. The third-order valence-electron chi connectivity index (χ3n) is 7.26. The van der Waals surface area contributed by atoms with Crippen molar-refractivity contribution in [3.05, 3.63) is 89.6 Å². The fourth-order valence-electron chi connectivity index (χ4n) is 5.45. The molecule has 1 aliphatic rings. The number of benzene rings is 3. The Morgan fingerprint density at radius 1 is 0.974 bits per heavy atom. The van der Waals surface area contributed by atoms with Gasteiger partial charge in [-0.2, -0.15) is 0 Å². The van der Waals surface area contributed by atoms with Crippen LogP contribution in [0.4, 0.5) is 14.5 Å². The number of fused-ring (bicyclic) bond motifs is 1. The van der Waals surface area contributed by atoms with Gasteiger partial charge in [-0.15, -0.1) is 0 Å². The summed E-state index contributed by atoms with van der Waals surface area (Å²) in [5.41, 5.74) is 5.31. The van der Waals surface area contributed by atoms with E-state index < -0.39 is 17.7 Å². The van der Waals surface area contributed by atoms with Gasteiger partial charge >= 0.3 is 0 Å². The second-order valence-electron chi connectivity index (χ2n) is 9.68. The third-order valence-corrected chi connectivity index (χ3v) is 7.26. The number of imidazole rings is 1. The van der Waals surface area contributed by atoms with Crippen molar-refractivity contribution in [2.45, 2.75) is 39.2 Å². The predicted octanol–water partition coefficient (Wildman–Crippen LogP) is 6.84. The number of hydrogen-bond acceptors (Lipinski definition) is 5. The first-order valence-corrected chi connectivity index (χ1v) is 12.7. The largest absolute Gasteiger partial charge is 0.497 e. The van der Waals surface area contributed by atoms with Gasteiger partial charge in [-0.1, -0.05) is 11.2 Å². The number of methoxy groups -OCH3 is 1. The molecule has 39 heavy (non-hydrogen) atoms. The van der Waals surface area contributed by atoms with Crippen molar-refractivity contribution >= 4 is 22.6 Å². The van der Waals surface area contributed by atoms with Crippen LogP contribution in [0.15, 0.2) is 65.2 Å². The molecule has 198 valence electrons. The summed E-state index contributed by atoms with van der Waals surface area (Å²) < 4.78 is 40.8. The molecule has 7 nitrogen and oxygen atoms in total. The molecule has 1 saturated heterocycles. The van der Waals surface area contributed by atoms with Crippen LogP contribution in [0.25, 0.3) is 27.8 Å². The van der Waals surface area contributed by atoms with Crippen LogP contribution < -0.4 is 9.64 Å². The average molecular weight is 529 g/mol. The molecule has 0 radical (unpaired) electrons. The quantitative estimate of drug-likeness (QED) is 0.250. The number of rotatable bonds is 5. The van der Waals surface area contributed by atoms with E-state index in [9.17, 15) is 13.6 Å². The number of carbonyl (C=O) groups is 1. The Hall–Kier alpha value is -4.53. The Kier molecular flexibility index (Phi) is 6.13. The van der Waals surface area contributed by atoms with Crippen molar-refractivity contribution in [3.63, 3.8) is 0 Å². The van der Waals surface area contributed by atoms with E-state index in [1.54, 1.807) is 12.0 Å². The summed E-state index contributed by atoms with van der Waals surface area (Å²) in [5.74, 6) is -0.0777. The van der Waals surface area contributed by atoms with E-state index in [4.69, 9.17) is 14.2 Å². The summed E-state index contributed by atoms with van der Waals surface area (Å²) in [6, 6.07) is 16.6. The summed E-state index contributed by atoms with van der Waals surface area (Å²) in [6.45, 7) is 3.76. The van der Waals surface area contributed by atoms with Crippen LogP contribution in [0.3, 0.4) is 0 Å². The number of carbonyl (C=O) groups excluding carboxylic acids is 1. The van der Waals surface area contributed by atoms with Crippen molar-refractivity contribution in [1.29, 1.82) is 0 Å². The van der Waals surface area contributed by atoms with Gasteiger partial charge in [0.25, 0.3) is 0 Å². The molecule has 1 atom stereocenters. The monoisotopic (exact) mass is 528 g/mol. The van der Waals surface area contributed by atoms with Crippen LogP contribution in [0, 0.1) is 25.5 Å². The van der Waals surface area contributed by atoms with Crippen molar-refractivity contribution in [1.82, 2.24) is 14.7 Å². The molecule has 1 amide bonds. The van der Waals surface area contributed by atoms with Gasteiger partial charge in [0.2, 0.25) is 5.91 Å². The Bertz CT molecular complexity index is 1690. The van der Waals surface area contributed by atoms with E-state index in [0.29, 0.717) is 42.3 Å². The molecule has 1 aliphatic heterocycles. The SMILES string of the molecule is COc1ccc(-n2c([C@@H]3CCCC(=O)N3c3ccc(F)c(F)c3)nc3cc(-c4c(C)noc4C)ccc32)cc1. The van der Waals surface area contributed by atoms with Crippen LogP contribution >= 0.6 is 0 Å². The molecule has 1 fully saturated rings. The smallest absolute Gasteiger partial charge is 0.227 e. The number of hydrogen-bond donors (Lipinski definition) is 0. The number of piperidine rings is 1. The molecule has 5 aromatic rings. The minimum Gasteiger partial charge on any atom is -0.497 e. The van der Waals surface area contributed by atoms with Crippen molar-refractivity contribution in [2.24, 2.45) is 0 Å². The summed E-state index contributed by atoms with van der Waals surface area (Å²) >= 11 is 0. The lowest BCUT2D eigenvalue weighted by atomic mass is 9.99. The number of anilines is 1. The standard InChI is InChI=1S/C30H26F2N4O3/c1-17-29(18(2)39-34-17)19-7-14-26-25(15-19)33-30(36(26)20-8-11-22(38-3)12-9-20)27-5-4-6-28(37)35(27)21-10-13-23(31)24(32)16-21/h7-16,27H,4-6H2,1-3H3/t27-/m0/s1. The highest BCUT2D eigenvalue weighted by Crippen LogP contribution is 2.39. The van der Waals surface area contributed by atoms with Gasteiger partial charge < -0.3 is 14.2 Å². The Morgan fingerprint density at radius 2 is 1.74 bits per heavy atom. The number of ether oxygens (including phenoxy) is 1. The Labute approximate surface area is 223 Å². The highest BCUT2D eigenvalue weighted by molar-refractivity contribution is 5.95. The van der Waals surface area contributed by atoms with Gasteiger partial charge in [-0.3, -0.25) is 9.36 Å². The predicted molar refractivity (Wildman–Crippen MR) is 143 cm³/mol. The fourth-order valence-corrected chi connectivity index (χ4v) is 5.45. The minimum absolute atomic E-state index is 0.165. The number of halogens is 2. The average Bonchev–Trinajstić information content (AvgIpc) is 3.48.